The summed E-state index contributed by atoms with van der Waals surface area (Å²) in [6, 6.07) is 4.40. The Bertz CT molecular complexity index is 370. The summed E-state index contributed by atoms with van der Waals surface area (Å²) in [6.07, 6.45) is 3.34. The molecule has 2 rings (SSSR count). The highest BCUT2D eigenvalue weighted by Gasteiger charge is 2.17. The minimum atomic E-state index is 0.382. The fourth-order valence-corrected chi connectivity index (χ4v) is 2.32. The Hall–Kier alpha value is -1.22. The highest BCUT2D eigenvalue weighted by Crippen LogP contribution is 2.31. The van der Waals surface area contributed by atoms with Crippen LogP contribution in [0.2, 0.25) is 0 Å². The lowest BCUT2D eigenvalue weighted by molar-refractivity contribution is 0.400. The third-order valence-electron chi connectivity index (χ3n) is 3.31. The molecule has 1 aliphatic heterocycles. The van der Waals surface area contributed by atoms with Gasteiger partial charge in [0.1, 0.15) is 11.5 Å². The van der Waals surface area contributed by atoms with E-state index in [-0.39, 0.29) is 0 Å². The van der Waals surface area contributed by atoms with Crippen molar-refractivity contribution < 1.29 is 9.84 Å². The fourth-order valence-electron chi connectivity index (χ4n) is 2.32. The van der Waals surface area contributed by atoms with Crippen LogP contribution in [0.1, 0.15) is 24.0 Å². The van der Waals surface area contributed by atoms with E-state index in [0.29, 0.717) is 11.8 Å². The maximum atomic E-state index is 10.1. The topological polar surface area (TPSA) is 41.5 Å². The molecule has 3 heteroatoms. The quantitative estimate of drug-likeness (QED) is 0.820. The number of phenolic OH excluding ortho intramolecular Hbond substituents is 1. The molecular formula is C13H19NO2. The minimum absolute atomic E-state index is 0.382. The maximum absolute atomic E-state index is 10.1. The third-order valence-corrected chi connectivity index (χ3v) is 3.31. The number of hydrogen-bond donors (Lipinski definition) is 2. The first-order valence-corrected chi connectivity index (χ1v) is 5.81. The van der Waals surface area contributed by atoms with Gasteiger partial charge in [-0.3, -0.25) is 0 Å². The largest absolute Gasteiger partial charge is 0.507 e. The molecule has 1 fully saturated rings. The number of hydrogen-bond acceptors (Lipinski definition) is 3. The fraction of sp³-hybridized carbons (Fsp3) is 0.538. The van der Waals surface area contributed by atoms with Crippen LogP contribution in [0.5, 0.6) is 11.5 Å². The van der Waals surface area contributed by atoms with E-state index in [9.17, 15) is 5.11 Å². The van der Waals surface area contributed by atoms with Crippen LogP contribution in [0, 0.1) is 6.92 Å². The number of aromatic hydroxyl groups is 1. The standard InChI is InChI=1S/C13H19NO2/c1-9-12(16-2)6-5-10(13(9)15)8-11-4-3-7-14-11/h5-6,11,14-15H,3-4,7-8H2,1-2H3. The van der Waals surface area contributed by atoms with Gasteiger partial charge in [0.2, 0.25) is 0 Å². The minimum Gasteiger partial charge on any atom is -0.507 e. The zero-order valence-corrected chi connectivity index (χ0v) is 9.92. The summed E-state index contributed by atoms with van der Waals surface area (Å²) in [7, 11) is 1.62. The highest BCUT2D eigenvalue weighted by molar-refractivity contribution is 5.48. The first-order valence-electron chi connectivity index (χ1n) is 5.81. The molecule has 1 aromatic rings. The van der Waals surface area contributed by atoms with E-state index in [0.717, 1.165) is 29.8 Å². The van der Waals surface area contributed by atoms with E-state index in [1.165, 1.54) is 12.8 Å². The van der Waals surface area contributed by atoms with Crippen LogP contribution in [0.25, 0.3) is 0 Å². The molecule has 0 bridgehead atoms. The molecule has 0 radical (unpaired) electrons. The Balaban J connectivity index is 2.18. The van der Waals surface area contributed by atoms with Gasteiger partial charge in [-0.05, 0) is 44.4 Å². The van der Waals surface area contributed by atoms with E-state index < -0.39 is 0 Å². The van der Waals surface area contributed by atoms with Crippen LogP contribution in [0.15, 0.2) is 12.1 Å². The molecule has 1 aromatic carbocycles. The molecule has 1 unspecified atom stereocenters. The second-order valence-corrected chi connectivity index (χ2v) is 4.40. The smallest absolute Gasteiger partial charge is 0.125 e. The molecule has 2 N–H and O–H groups in total. The Morgan fingerprint density at radius 2 is 2.31 bits per heavy atom. The molecule has 0 amide bonds. The molecule has 1 aliphatic rings. The number of phenols is 1. The Morgan fingerprint density at radius 3 is 2.94 bits per heavy atom. The van der Waals surface area contributed by atoms with Crippen molar-refractivity contribution in [3.8, 4) is 11.5 Å². The number of rotatable bonds is 3. The van der Waals surface area contributed by atoms with Crippen molar-refractivity contribution in [1.82, 2.24) is 5.32 Å². The number of benzene rings is 1. The Morgan fingerprint density at radius 1 is 1.50 bits per heavy atom. The maximum Gasteiger partial charge on any atom is 0.125 e. The zero-order valence-electron chi connectivity index (χ0n) is 9.92. The van der Waals surface area contributed by atoms with Gasteiger partial charge in [-0.1, -0.05) is 6.07 Å². The molecule has 0 aliphatic carbocycles. The van der Waals surface area contributed by atoms with Crippen LogP contribution in [-0.2, 0) is 6.42 Å². The van der Waals surface area contributed by atoms with Gasteiger partial charge >= 0.3 is 0 Å². The van der Waals surface area contributed by atoms with Crippen molar-refractivity contribution in [2.45, 2.75) is 32.2 Å². The highest BCUT2D eigenvalue weighted by atomic mass is 16.5. The van der Waals surface area contributed by atoms with Crippen LogP contribution in [-0.4, -0.2) is 24.8 Å². The number of methoxy groups -OCH3 is 1. The van der Waals surface area contributed by atoms with Crippen LogP contribution in [0.4, 0.5) is 0 Å². The predicted octanol–water partition coefficient (Wildman–Crippen LogP) is 2.00. The lowest BCUT2D eigenvalue weighted by Crippen LogP contribution is -2.23. The predicted molar refractivity (Wildman–Crippen MR) is 64.1 cm³/mol. The molecule has 0 saturated carbocycles. The molecule has 1 saturated heterocycles. The molecule has 16 heavy (non-hydrogen) atoms. The number of ether oxygens (including phenoxy) is 1. The zero-order chi connectivity index (χ0) is 11.5. The van der Waals surface area contributed by atoms with Gasteiger partial charge < -0.3 is 15.2 Å². The Kier molecular flexibility index (Phi) is 3.34. The van der Waals surface area contributed by atoms with Crippen molar-refractivity contribution in [2.75, 3.05) is 13.7 Å². The molecule has 1 heterocycles. The van der Waals surface area contributed by atoms with Gasteiger partial charge in [0, 0.05) is 11.6 Å². The van der Waals surface area contributed by atoms with Crippen LogP contribution >= 0.6 is 0 Å². The molecule has 1 atom stereocenters. The summed E-state index contributed by atoms with van der Waals surface area (Å²) < 4.78 is 5.18. The van der Waals surface area contributed by atoms with Crippen molar-refractivity contribution in [3.63, 3.8) is 0 Å². The molecular weight excluding hydrogens is 202 g/mol. The number of nitrogens with one attached hydrogen (secondary N) is 1. The lowest BCUT2D eigenvalue weighted by Gasteiger charge is -2.14. The van der Waals surface area contributed by atoms with Crippen molar-refractivity contribution in [2.24, 2.45) is 0 Å². The first-order chi connectivity index (χ1) is 7.72. The lowest BCUT2D eigenvalue weighted by atomic mass is 10.0. The average Bonchev–Trinajstić information content (AvgIpc) is 2.78. The van der Waals surface area contributed by atoms with E-state index in [1.807, 2.05) is 19.1 Å². The molecule has 0 spiro atoms. The van der Waals surface area contributed by atoms with Gasteiger partial charge in [-0.25, -0.2) is 0 Å². The van der Waals surface area contributed by atoms with Gasteiger partial charge in [0.05, 0.1) is 7.11 Å². The van der Waals surface area contributed by atoms with E-state index in [2.05, 4.69) is 5.32 Å². The van der Waals surface area contributed by atoms with E-state index >= 15 is 0 Å². The van der Waals surface area contributed by atoms with Crippen molar-refractivity contribution in [3.05, 3.63) is 23.3 Å². The van der Waals surface area contributed by atoms with E-state index in [1.54, 1.807) is 7.11 Å². The van der Waals surface area contributed by atoms with E-state index in [4.69, 9.17) is 4.74 Å². The van der Waals surface area contributed by atoms with Crippen molar-refractivity contribution >= 4 is 0 Å². The average molecular weight is 221 g/mol. The monoisotopic (exact) mass is 221 g/mol. The first kappa shape index (κ1) is 11.3. The van der Waals surface area contributed by atoms with Gasteiger partial charge in [0.25, 0.3) is 0 Å². The summed E-state index contributed by atoms with van der Waals surface area (Å²) in [5.41, 5.74) is 1.84. The summed E-state index contributed by atoms with van der Waals surface area (Å²) in [5.74, 6) is 1.13. The van der Waals surface area contributed by atoms with Crippen LogP contribution < -0.4 is 10.1 Å². The SMILES string of the molecule is COc1ccc(CC2CCCN2)c(O)c1C. The molecule has 3 nitrogen and oxygen atoms in total. The van der Waals surface area contributed by atoms with Crippen molar-refractivity contribution in [1.29, 1.82) is 0 Å². The summed E-state index contributed by atoms with van der Waals surface area (Å²) >= 11 is 0. The third kappa shape index (κ3) is 2.14. The van der Waals surface area contributed by atoms with Crippen LogP contribution in [0.3, 0.4) is 0 Å². The summed E-state index contributed by atoms with van der Waals surface area (Å²) in [6.45, 7) is 2.99. The van der Waals surface area contributed by atoms with Gasteiger partial charge in [-0.15, -0.1) is 0 Å². The Labute approximate surface area is 96.4 Å². The van der Waals surface area contributed by atoms with Gasteiger partial charge in [0.15, 0.2) is 0 Å². The summed E-state index contributed by atoms with van der Waals surface area (Å²) in [4.78, 5) is 0. The van der Waals surface area contributed by atoms with Gasteiger partial charge in [-0.2, -0.15) is 0 Å². The second kappa shape index (κ2) is 4.74. The summed E-state index contributed by atoms with van der Waals surface area (Å²) in [5, 5.41) is 13.5. The molecule has 0 aromatic heterocycles. The molecule has 88 valence electrons. The normalized spacial score (nSPS) is 20.0. The second-order valence-electron chi connectivity index (χ2n) is 4.40.